The number of nitrogen functional groups attached to an aromatic ring is 1. The standard InChI is InChI=1S/C18H19F2N3OS.ClH/c19-18(20)25-13-8-6-12(7-9-13)22-17(24)11-23-10-2-3-14-15(21)4-1-5-16(14)23;/h1,4-9,18H,2-3,10-11,21H2,(H,22,24);1H. The summed E-state index contributed by atoms with van der Waals surface area (Å²) in [5.74, 6) is -2.60. The van der Waals surface area contributed by atoms with Gasteiger partial charge in [0.2, 0.25) is 5.91 Å². The first kappa shape index (κ1) is 20.3. The SMILES string of the molecule is Cl.Nc1cccc2c1CCCN2CC(=O)Nc1ccc(SC(F)F)cc1. The number of fused-ring (bicyclic) bond motifs is 1. The van der Waals surface area contributed by atoms with Gasteiger partial charge in [-0.1, -0.05) is 17.8 Å². The maximum Gasteiger partial charge on any atom is 0.288 e. The largest absolute Gasteiger partial charge is 0.398 e. The number of alkyl halides is 2. The minimum absolute atomic E-state index is 0. The average Bonchev–Trinajstić information content (AvgIpc) is 2.57. The molecule has 1 aliphatic rings. The van der Waals surface area contributed by atoms with E-state index in [1.165, 1.54) is 0 Å². The number of carbonyl (C=O) groups is 1. The van der Waals surface area contributed by atoms with Gasteiger partial charge in [0.15, 0.2) is 0 Å². The number of nitrogens with one attached hydrogen (secondary N) is 1. The molecule has 3 N–H and O–H groups in total. The van der Waals surface area contributed by atoms with Gasteiger partial charge in [0.05, 0.1) is 6.54 Å². The fraction of sp³-hybridized carbons (Fsp3) is 0.278. The third-order valence-corrected chi connectivity index (χ3v) is 4.80. The molecule has 2 aromatic rings. The molecule has 0 bridgehead atoms. The number of rotatable bonds is 5. The van der Waals surface area contributed by atoms with Gasteiger partial charge in [-0.05, 0) is 54.8 Å². The molecule has 0 aromatic heterocycles. The van der Waals surface area contributed by atoms with Gasteiger partial charge >= 0.3 is 0 Å². The van der Waals surface area contributed by atoms with Gasteiger partial charge in [-0.3, -0.25) is 4.79 Å². The van der Waals surface area contributed by atoms with Crippen molar-refractivity contribution in [3.05, 3.63) is 48.0 Å². The van der Waals surface area contributed by atoms with Crippen LogP contribution in [0, 0.1) is 0 Å². The van der Waals surface area contributed by atoms with Crippen LogP contribution in [0.3, 0.4) is 0 Å². The van der Waals surface area contributed by atoms with Gasteiger partial charge in [0.25, 0.3) is 5.76 Å². The highest BCUT2D eigenvalue weighted by Crippen LogP contribution is 2.31. The van der Waals surface area contributed by atoms with Crippen molar-refractivity contribution in [1.82, 2.24) is 0 Å². The number of thioether (sulfide) groups is 1. The molecule has 2 aromatic carbocycles. The van der Waals surface area contributed by atoms with Crippen LogP contribution in [0.2, 0.25) is 0 Å². The van der Waals surface area contributed by atoms with Crippen LogP contribution in [-0.4, -0.2) is 24.8 Å². The van der Waals surface area contributed by atoms with Crippen LogP contribution in [0.4, 0.5) is 25.8 Å². The Hall–Kier alpha value is -1.99. The maximum absolute atomic E-state index is 12.3. The quantitative estimate of drug-likeness (QED) is 0.578. The van der Waals surface area contributed by atoms with E-state index in [0.29, 0.717) is 22.3 Å². The lowest BCUT2D eigenvalue weighted by Crippen LogP contribution is -2.37. The molecule has 8 heteroatoms. The fourth-order valence-corrected chi connectivity index (χ4v) is 3.48. The molecule has 0 unspecified atom stereocenters. The Morgan fingerprint density at radius 1 is 1.23 bits per heavy atom. The molecule has 1 aliphatic heterocycles. The molecule has 1 amide bonds. The molecule has 3 rings (SSSR count). The van der Waals surface area contributed by atoms with E-state index < -0.39 is 5.76 Å². The second-order valence-electron chi connectivity index (χ2n) is 5.82. The van der Waals surface area contributed by atoms with E-state index in [1.54, 1.807) is 24.3 Å². The number of hydrogen-bond donors (Lipinski definition) is 2. The Balaban J connectivity index is 0.00000243. The van der Waals surface area contributed by atoms with Gasteiger partial charge in [-0.15, -0.1) is 12.4 Å². The zero-order valence-corrected chi connectivity index (χ0v) is 15.6. The van der Waals surface area contributed by atoms with Gasteiger partial charge in [-0.2, -0.15) is 8.78 Å². The van der Waals surface area contributed by atoms with Crippen molar-refractivity contribution in [3.8, 4) is 0 Å². The number of anilines is 3. The molecule has 140 valence electrons. The Kier molecular flexibility index (Phi) is 7.11. The monoisotopic (exact) mass is 399 g/mol. The van der Waals surface area contributed by atoms with Crippen molar-refractivity contribution in [3.63, 3.8) is 0 Å². The number of carbonyl (C=O) groups excluding carboxylic acids is 1. The van der Waals surface area contributed by atoms with E-state index >= 15 is 0 Å². The van der Waals surface area contributed by atoms with E-state index in [2.05, 4.69) is 5.32 Å². The van der Waals surface area contributed by atoms with Gasteiger partial charge in [0, 0.05) is 28.5 Å². The highest BCUT2D eigenvalue weighted by atomic mass is 35.5. The predicted octanol–water partition coefficient (Wildman–Crippen LogP) is 4.40. The number of hydrogen-bond acceptors (Lipinski definition) is 4. The molecular weight excluding hydrogens is 380 g/mol. The molecule has 0 saturated heterocycles. The molecule has 0 saturated carbocycles. The predicted molar refractivity (Wildman–Crippen MR) is 106 cm³/mol. The van der Waals surface area contributed by atoms with Crippen molar-refractivity contribution in [2.75, 3.05) is 29.0 Å². The molecule has 26 heavy (non-hydrogen) atoms. The molecule has 0 aliphatic carbocycles. The maximum atomic E-state index is 12.3. The van der Waals surface area contributed by atoms with Crippen LogP contribution >= 0.6 is 24.2 Å². The number of amides is 1. The lowest BCUT2D eigenvalue weighted by Gasteiger charge is -2.31. The van der Waals surface area contributed by atoms with Crippen molar-refractivity contribution < 1.29 is 13.6 Å². The molecule has 0 atom stereocenters. The number of nitrogens with two attached hydrogens (primary N) is 1. The lowest BCUT2D eigenvalue weighted by molar-refractivity contribution is -0.115. The third kappa shape index (κ3) is 5.02. The normalized spacial score (nSPS) is 13.1. The summed E-state index contributed by atoms with van der Waals surface area (Å²) in [5.41, 5.74) is 9.47. The first-order valence-electron chi connectivity index (χ1n) is 8.00. The van der Waals surface area contributed by atoms with E-state index in [4.69, 9.17) is 5.73 Å². The summed E-state index contributed by atoms with van der Waals surface area (Å²) < 4.78 is 24.6. The summed E-state index contributed by atoms with van der Waals surface area (Å²) >= 11 is 0.482. The van der Waals surface area contributed by atoms with Crippen molar-refractivity contribution in [2.45, 2.75) is 23.5 Å². The first-order chi connectivity index (χ1) is 12.0. The Bertz CT molecular complexity index is 759. The molecule has 0 fully saturated rings. The number of benzene rings is 2. The number of nitrogens with zero attached hydrogens (tertiary/aromatic N) is 1. The minimum atomic E-state index is -2.45. The van der Waals surface area contributed by atoms with Crippen molar-refractivity contribution in [1.29, 1.82) is 0 Å². The highest BCUT2D eigenvalue weighted by molar-refractivity contribution is 7.99. The van der Waals surface area contributed by atoms with E-state index in [9.17, 15) is 13.6 Å². The summed E-state index contributed by atoms with van der Waals surface area (Å²) in [5, 5.41) is 2.81. The second kappa shape index (κ2) is 9.09. The van der Waals surface area contributed by atoms with Gasteiger partial charge < -0.3 is 16.0 Å². The zero-order chi connectivity index (χ0) is 17.8. The Morgan fingerprint density at radius 3 is 2.65 bits per heavy atom. The van der Waals surface area contributed by atoms with Crippen LogP contribution in [0.25, 0.3) is 0 Å². The van der Waals surface area contributed by atoms with Gasteiger partial charge in [0.1, 0.15) is 0 Å². The molecule has 4 nitrogen and oxygen atoms in total. The third-order valence-electron chi connectivity index (χ3n) is 4.08. The molecule has 1 heterocycles. The second-order valence-corrected chi connectivity index (χ2v) is 6.88. The van der Waals surface area contributed by atoms with Crippen LogP contribution in [0.5, 0.6) is 0 Å². The van der Waals surface area contributed by atoms with Crippen LogP contribution in [0.15, 0.2) is 47.4 Å². The fourth-order valence-electron chi connectivity index (χ4n) is 2.99. The summed E-state index contributed by atoms with van der Waals surface area (Å²) in [6.45, 7) is 1.03. The zero-order valence-electron chi connectivity index (χ0n) is 14.0. The summed E-state index contributed by atoms with van der Waals surface area (Å²) in [6.07, 6.45) is 1.87. The summed E-state index contributed by atoms with van der Waals surface area (Å²) in [4.78, 5) is 14.8. The van der Waals surface area contributed by atoms with E-state index in [1.807, 2.05) is 23.1 Å². The Morgan fingerprint density at radius 2 is 1.96 bits per heavy atom. The lowest BCUT2D eigenvalue weighted by atomic mass is 10.00. The Labute approximate surface area is 161 Å². The molecule has 0 spiro atoms. The average molecular weight is 400 g/mol. The highest BCUT2D eigenvalue weighted by Gasteiger charge is 2.20. The molecule has 0 radical (unpaired) electrons. The van der Waals surface area contributed by atoms with Crippen LogP contribution < -0.4 is 16.0 Å². The van der Waals surface area contributed by atoms with Crippen molar-refractivity contribution >= 4 is 47.1 Å². The van der Waals surface area contributed by atoms with E-state index in [0.717, 1.165) is 36.3 Å². The topological polar surface area (TPSA) is 58.4 Å². The van der Waals surface area contributed by atoms with Crippen LogP contribution in [0.1, 0.15) is 12.0 Å². The smallest absolute Gasteiger partial charge is 0.288 e. The van der Waals surface area contributed by atoms with Crippen LogP contribution in [-0.2, 0) is 11.2 Å². The number of halogens is 3. The minimum Gasteiger partial charge on any atom is -0.398 e. The first-order valence-corrected chi connectivity index (χ1v) is 8.88. The van der Waals surface area contributed by atoms with Gasteiger partial charge in [-0.25, -0.2) is 0 Å². The molecular formula is C18H20ClF2N3OS. The van der Waals surface area contributed by atoms with Crippen molar-refractivity contribution in [2.24, 2.45) is 0 Å². The van der Waals surface area contributed by atoms with E-state index in [-0.39, 0.29) is 24.9 Å². The summed E-state index contributed by atoms with van der Waals surface area (Å²) in [7, 11) is 0. The summed E-state index contributed by atoms with van der Waals surface area (Å²) in [6, 6.07) is 12.2.